The van der Waals surface area contributed by atoms with Gasteiger partial charge in [-0.2, -0.15) is 0 Å². The molecule has 90 valence electrons. The second-order valence-electron chi connectivity index (χ2n) is 3.14. The van der Waals surface area contributed by atoms with Crippen molar-refractivity contribution in [2.45, 2.75) is 35.1 Å². The van der Waals surface area contributed by atoms with Crippen LogP contribution < -0.4 is 10.6 Å². The number of amidine groups is 2. The molecule has 0 fully saturated rings. The number of nitrogens with zero attached hydrogens (tertiary/aromatic N) is 2. The van der Waals surface area contributed by atoms with E-state index in [1.165, 1.54) is 6.42 Å². The zero-order valence-electron chi connectivity index (χ0n) is 8.43. The minimum absolute atomic E-state index is 0. The third-order valence-electron chi connectivity index (χ3n) is 1.91. The van der Waals surface area contributed by atoms with E-state index >= 15 is 0 Å². The minimum Gasteiger partial charge on any atom is -0.374 e. The molecule has 0 aromatic rings. The van der Waals surface area contributed by atoms with Crippen LogP contribution in [0.2, 0.25) is 0 Å². The van der Waals surface area contributed by atoms with Gasteiger partial charge in [0.1, 0.15) is 0 Å². The molecule has 0 spiro atoms. The molecule has 2 aliphatic heterocycles. The summed E-state index contributed by atoms with van der Waals surface area (Å²) in [6.07, 6.45) is 1.19. The largest absolute Gasteiger partial charge is 0.374 e. The average Bonchev–Trinajstić information content (AvgIpc) is 2.58. The Morgan fingerprint density at radius 1 is 0.867 bits per heavy atom. The Bertz CT molecular complexity index is 209. The fourth-order valence-corrected chi connectivity index (χ4v) is 1.17. The summed E-state index contributed by atoms with van der Waals surface area (Å²) in [5, 5.41) is 6.20. The van der Waals surface area contributed by atoms with Crippen LogP contribution in [0.1, 0.15) is 35.1 Å². The molecule has 0 amide bonds. The first-order chi connectivity index (χ1) is 6.29. The summed E-state index contributed by atoms with van der Waals surface area (Å²) in [6.45, 7) is 8.10. The van der Waals surface area contributed by atoms with E-state index in [0.717, 1.165) is 37.9 Å². The molecule has 2 heterocycles. The SMILES string of the molecule is C.C.CC1=NCCCN1.CC1=NCCN1. The fourth-order valence-electron chi connectivity index (χ4n) is 1.17. The summed E-state index contributed by atoms with van der Waals surface area (Å²) in [5.41, 5.74) is 0. The van der Waals surface area contributed by atoms with Crippen molar-refractivity contribution >= 4 is 11.7 Å². The molecule has 2 rings (SSSR count). The van der Waals surface area contributed by atoms with E-state index < -0.39 is 0 Å². The van der Waals surface area contributed by atoms with Gasteiger partial charge < -0.3 is 10.6 Å². The van der Waals surface area contributed by atoms with Gasteiger partial charge in [-0.25, -0.2) is 0 Å². The van der Waals surface area contributed by atoms with E-state index in [0.29, 0.717) is 0 Å². The quantitative estimate of drug-likeness (QED) is 0.644. The molecule has 0 aromatic carbocycles. The highest BCUT2D eigenvalue weighted by molar-refractivity contribution is 5.80. The maximum absolute atomic E-state index is 4.14. The third-order valence-corrected chi connectivity index (χ3v) is 1.91. The highest BCUT2D eigenvalue weighted by Crippen LogP contribution is 1.86. The highest BCUT2D eigenvalue weighted by atomic mass is 15.1. The van der Waals surface area contributed by atoms with E-state index in [9.17, 15) is 0 Å². The van der Waals surface area contributed by atoms with Crippen molar-refractivity contribution in [3.05, 3.63) is 0 Å². The summed E-state index contributed by atoms with van der Waals surface area (Å²) in [6, 6.07) is 0. The second-order valence-corrected chi connectivity index (χ2v) is 3.14. The predicted octanol–water partition coefficient (Wildman–Crippen LogP) is 1.68. The lowest BCUT2D eigenvalue weighted by atomic mass is 10.4. The van der Waals surface area contributed by atoms with Crippen LogP contribution in [0.3, 0.4) is 0 Å². The smallest absolute Gasteiger partial charge is 0.0933 e. The number of nitrogens with one attached hydrogen (secondary N) is 2. The maximum atomic E-state index is 4.14. The molecule has 4 heteroatoms. The zero-order chi connectivity index (χ0) is 9.52. The van der Waals surface area contributed by atoms with Gasteiger partial charge in [-0.3, -0.25) is 9.98 Å². The van der Waals surface area contributed by atoms with Gasteiger partial charge in [-0.05, 0) is 20.3 Å². The normalized spacial score (nSPS) is 17.5. The van der Waals surface area contributed by atoms with Crippen molar-refractivity contribution < 1.29 is 0 Å². The van der Waals surface area contributed by atoms with Crippen LogP contribution in [0.4, 0.5) is 0 Å². The molecule has 0 unspecified atom stereocenters. The summed E-state index contributed by atoms with van der Waals surface area (Å²) in [5.74, 6) is 2.17. The zero-order valence-corrected chi connectivity index (χ0v) is 8.43. The van der Waals surface area contributed by atoms with Gasteiger partial charge in [0.2, 0.25) is 0 Å². The Morgan fingerprint density at radius 2 is 1.40 bits per heavy atom. The standard InChI is InChI=1S/C5H10N2.C4H8N2.2CH4/c1-5-6-3-2-4-7-5;1-4-5-2-3-6-4;;/h2-4H2,1H3,(H,6,7);2-3H2,1H3,(H,5,6);2*1H4. The van der Waals surface area contributed by atoms with Crippen LogP contribution in [0.25, 0.3) is 0 Å². The molecule has 0 saturated heterocycles. The number of rotatable bonds is 0. The fraction of sp³-hybridized carbons (Fsp3) is 0.818. The molecule has 15 heavy (non-hydrogen) atoms. The van der Waals surface area contributed by atoms with Crippen LogP contribution >= 0.6 is 0 Å². The number of hydrogen-bond acceptors (Lipinski definition) is 4. The van der Waals surface area contributed by atoms with Crippen molar-refractivity contribution in [1.29, 1.82) is 0 Å². The molecule has 0 aromatic heterocycles. The van der Waals surface area contributed by atoms with Gasteiger partial charge in [0.25, 0.3) is 0 Å². The average molecular weight is 214 g/mol. The first kappa shape index (κ1) is 16.4. The summed E-state index contributed by atoms with van der Waals surface area (Å²) in [7, 11) is 0. The van der Waals surface area contributed by atoms with Gasteiger partial charge >= 0.3 is 0 Å². The monoisotopic (exact) mass is 214 g/mol. The van der Waals surface area contributed by atoms with Gasteiger partial charge in [-0.15, -0.1) is 0 Å². The molecule has 0 bridgehead atoms. The van der Waals surface area contributed by atoms with Crippen molar-refractivity contribution in [1.82, 2.24) is 10.6 Å². The topological polar surface area (TPSA) is 48.8 Å². The lowest BCUT2D eigenvalue weighted by Crippen LogP contribution is -2.26. The highest BCUT2D eigenvalue weighted by Gasteiger charge is 1.94. The van der Waals surface area contributed by atoms with Gasteiger partial charge in [-0.1, -0.05) is 14.9 Å². The molecular weight excluding hydrogens is 188 g/mol. The molecule has 2 N–H and O–H groups in total. The Kier molecular flexibility index (Phi) is 10.4. The van der Waals surface area contributed by atoms with Crippen molar-refractivity contribution in [3.63, 3.8) is 0 Å². The Balaban J connectivity index is 0. The molecule has 4 nitrogen and oxygen atoms in total. The van der Waals surface area contributed by atoms with E-state index in [-0.39, 0.29) is 14.9 Å². The Labute approximate surface area is 94.3 Å². The maximum Gasteiger partial charge on any atom is 0.0933 e. The predicted molar refractivity (Wildman–Crippen MR) is 70.0 cm³/mol. The molecule has 0 atom stereocenters. The first-order valence-corrected chi connectivity index (χ1v) is 4.79. The minimum atomic E-state index is 0. The lowest BCUT2D eigenvalue weighted by Gasteiger charge is -2.08. The summed E-state index contributed by atoms with van der Waals surface area (Å²) < 4.78 is 0. The first-order valence-electron chi connectivity index (χ1n) is 4.79. The van der Waals surface area contributed by atoms with Gasteiger partial charge in [0.15, 0.2) is 0 Å². The van der Waals surface area contributed by atoms with Gasteiger partial charge in [0.05, 0.1) is 18.2 Å². The number of aliphatic imine (C=N–C) groups is 2. The van der Waals surface area contributed by atoms with E-state index in [1.54, 1.807) is 0 Å². The van der Waals surface area contributed by atoms with Crippen molar-refractivity contribution in [2.75, 3.05) is 26.2 Å². The molecule has 0 radical (unpaired) electrons. The summed E-state index contributed by atoms with van der Waals surface area (Å²) >= 11 is 0. The molecular formula is C11H26N4. The molecule has 0 aliphatic carbocycles. The Morgan fingerprint density at radius 3 is 1.60 bits per heavy atom. The van der Waals surface area contributed by atoms with E-state index in [4.69, 9.17) is 0 Å². The van der Waals surface area contributed by atoms with Gasteiger partial charge in [0, 0.05) is 19.6 Å². The van der Waals surface area contributed by atoms with Crippen LogP contribution in [-0.4, -0.2) is 37.9 Å². The third kappa shape index (κ3) is 7.97. The summed E-state index contributed by atoms with van der Waals surface area (Å²) in [4.78, 5) is 8.18. The molecule has 2 aliphatic rings. The van der Waals surface area contributed by atoms with Crippen LogP contribution in [0, 0.1) is 0 Å². The lowest BCUT2D eigenvalue weighted by molar-refractivity contribution is 0.739. The van der Waals surface area contributed by atoms with Crippen LogP contribution in [-0.2, 0) is 0 Å². The Hall–Kier alpha value is -1.06. The number of hydrogen-bond donors (Lipinski definition) is 2. The van der Waals surface area contributed by atoms with Crippen molar-refractivity contribution in [2.24, 2.45) is 9.98 Å². The van der Waals surface area contributed by atoms with E-state index in [2.05, 4.69) is 20.6 Å². The van der Waals surface area contributed by atoms with E-state index in [1.807, 2.05) is 13.8 Å². The second kappa shape index (κ2) is 9.49. The van der Waals surface area contributed by atoms with Crippen LogP contribution in [0.5, 0.6) is 0 Å². The molecule has 0 saturated carbocycles. The van der Waals surface area contributed by atoms with Crippen LogP contribution in [0.15, 0.2) is 9.98 Å². The van der Waals surface area contributed by atoms with Crippen molar-refractivity contribution in [3.8, 4) is 0 Å².